The fourth-order valence-corrected chi connectivity index (χ4v) is 1.93. The Kier molecular flexibility index (Phi) is 10.4. The SMILES string of the molecule is CCOc1ccc(OCC)c(NC(=O)c2ccccc2)c1.Cl.N#N. The summed E-state index contributed by atoms with van der Waals surface area (Å²) in [6.07, 6.45) is 0. The molecule has 1 N–H and O–H groups in total. The first-order valence-electron chi connectivity index (χ1n) is 7.20. The van der Waals surface area contributed by atoms with Crippen LogP contribution in [-0.4, -0.2) is 19.1 Å². The van der Waals surface area contributed by atoms with E-state index in [0.717, 1.165) is 0 Å². The highest BCUT2D eigenvalue weighted by Gasteiger charge is 2.11. The van der Waals surface area contributed by atoms with Crippen molar-refractivity contribution in [2.45, 2.75) is 13.8 Å². The average molecular weight is 350 g/mol. The molecule has 1 amide bonds. The summed E-state index contributed by atoms with van der Waals surface area (Å²) in [4.78, 5) is 12.2. The van der Waals surface area contributed by atoms with E-state index in [1.807, 2.05) is 38.1 Å². The van der Waals surface area contributed by atoms with Gasteiger partial charge in [-0.1, -0.05) is 18.2 Å². The molecule has 0 atom stereocenters. The third-order valence-corrected chi connectivity index (χ3v) is 2.85. The van der Waals surface area contributed by atoms with E-state index in [9.17, 15) is 4.79 Å². The first-order chi connectivity index (χ1) is 11.2. The predicted molar refractivity (Wildman–Crippen MR) is 93.9 cm³/mol. The maximum Gasteiger partial charge on any atom is 0.255 e. The first-order valence-corrected chi connectivity index (χ1v) is 7.20. The van der Waals surface area contributed by atoms with Crippen LogP contribution in [0.25, 0.3) is 0 Å². The lowest BCUT2D eigenvalue weighted by molar-refractivity contribution is 0.102. The Morgan fingerprint density at radius 1 is 1.00 bits per heavy atom. The smallest absolute Gasteiger partial charge is 0.255 e. The Morgan fingerprint density at radius 2 is 1.62 bits per heavy atom. The van der Waals surface area contributed by atoms with Gasteiger partial charge in [-0.15, -0.1) is 12.4 Å². The predicted octanol–water partition coefficient (Wildman–Crippen LogP) is 4.19. The highest BCUT2D eigenvalue weighted by Crippen LogP contribution is 2.29. The van der Waals surface area contributed by atoms with Crippen molar-refractivity contribution in [1.82, 2.24) is 0 Å². The Morgan fingerprint density at radius 3 is 2.21 bits per heavy atom. The van der Waals surface area contributed by atoms with Crippen LogP contribution in [0, 0.1) is 10.8 Å². The lowest BCUT2D eigenvalue weighted by Gasteiger charge is -2.13. The lowest BCUT2D eigenvalue weighted by Crippen LogP contribution is -2.13. The number of ether oxygens (including phenoxy) is 2. The summed E-state index contributed by atoms with van der Waals surface area (Å²) < 4.78 is 11.0. The maximum atomic E-state index is 12.2. The van der Waals surface area contributed by atoms with E-state index < -0.39 is 0 Å². The molecule has 2 rings (SSSR count). The zero-order valence-corrected chi connectivity index (χ0v) is 14.4. The molecule has 2 aromatic carbocycles. The van der Waals surface area contributed by atoms with Crippen LogP contribution in [0.1, 0.15) is 24.2 Å². The summed E-state index contributed by atoms with van der Waals surface area (Å²) in [5, 5.41) is 14.9. The number of hydrogen-bond donors (Lipinski definition) is 1. The minimum atomic E-state index is -0.176. The molecule has 0 heterocycles. The van der Waals surface area contributed by atoms with Crippen molar-refractivity contribution in [2.75, 3.05) is 18.5 Å². The third kappa shape index (κ3) is 6.15. The molecule has 0 aliphatic rings. The van der Waals surface area contributed by atoms with Crippen LogP contribution in [0.3, 0.4) is 0 Å². The molecule has 0 aliphatic carbocycles. The Bertz CT molecular complexity index is 648. The molecule has 6 nitrogen and oxygen atoms in total. The van der Waals surface area contributed by atoms with E-state index in [1.165, 1.54) is 0 Å². The van der Waals surface area contributed by atoms with Crippen LogP contribution in [0.4, 0.5) is 5.69 Å². The molecule has 0 bridgehead atoms. The number of carbonyl (C=O) groups is 1. The van der Waals surface area contributed by atoms with E-state index in [-0.39, 0.29) is 18.3 Å². The quantitative estimate of drug-likeness (QED) is 0.789. The molecule has 0 fully saturated rings. The number of anilines is 1. The highest BCUT2D eigenvalue weighted by atomic mass is 35.5. The molecular weight excluding hydrogens is 330 g/mol. The van der Waals surface area contributed by atoms with E-state index in [2.05, 4.69) is 5.32 Å². The largest absolute Gasteiger partial charge is 0.494 e. The van der Waals surface area contributed by atoms with Crippen molar-refractivity contribution in [2.24, 2.45) is 0 Å². The van der Waals surface area contributed by atoms with Crippen molar-refractivity contribution in [3.05, 3.63) is 54.1 Å². The van der Waals surface area contributed by atoms with Gasteiger partial charge < -0.3 is 14.8 Å². The lowest BCUT2D eigenvalue weighted by atomic mass is 10.2. The van der Waals surface area contributed by atoms with Crippen LogP contribution in [0.15, 0.2) is 48.5 Å². The molecule has 7 heteroatoms. The first kappa shape index (κ1) is 21.2. The van der Waals surface area contributed by atoms with Crippen molar-refractivity contribution < 1.29 is 14.3 Å². The molecule has 2 aromatic rings. The zero-order chi connectivity index (χ0) is 17.1. The number of halogens is 1. The van der Waals surface area contributed by atoms with Crippen LogP contribution in [-0.2, 0) is 0 Å². The molecule has 0 saturated heterocycles. The Balaban J connectivity index is 0.00000170. The van der Waals surface area contributed by atoms with Gasteiger partial charge in [0.15, 0.2) is 0 Å². The number of nitrogens with zero attached hydrogens (tertiary/aromatic N) is 2. The molecule has 0 saturated carbocycles. The summed E-state index contributed by atoms with van der Waals surface area (Å²) in [7, 11) is 0. The maximum absolute atomic E-state index is 12.2. The number of amides is 1. The molecular formula is C17H20ClN3O3. The van der Waals surface area contributed by atoms with Crippen molar-refractivity contribution in [1.29, 1.82) is 10.8 Å². The second-order valence-electron chi connectivity index (χ2n) is 4.34. The summed E-state index contributed by atoms with van der Waals surface area (Å²) in [5.74, 6) is 1.15. The van der Waals surface area contributed by atoms with Gasteiger partial charge in [0.1, 0.15) is 11.5 Å². The third-order valence-electron chi connectivity index (χ3n) is 2.85. The van der Waals surface area contributed by atoms with Crippen molar-refractivity contribution in [3.63, 3.8) is 0 Å². The van der Waals surface area contributed by atoms with Crippen molar-refractivity contribution >= 4 is 24.0 Å². The van der Waals surface area contributed by atoms with Crippen LogP contribution in [0.5, 0.6) is 11.5 Å². The molecule has 0 spiro atoms. The number of benzene rings is 2. The zero-order valence-electron chi connectivity index (χ0n) is 13.6. The molecule has 0 unspecified atom stereocenters. The van der Waals surface area contributed by atoms with E-state index in [4.69, 9.17) is 20.3 Å². The summed E-state index contributed by atoms with van der Waals surface area (Å²) >= 11 is 0. The summed E-state index contributed by atoms with van der Waals surface area (Å²) in [6, 6.07) is 14.5. The summed E-state index contributed by atoms with van der Waals surface area (Å²) in [5.41, 5.74) is 1.21. The number of nitrogens with one attached hydrogen (secondary N) is 1. The molecule has 0 radical (unpaired) electrons. The standard InChI is InChI=1S/C17H19NO3.ClH.N2/c1-3-20-14-10-11-16(21-4-2)15(12-14)18-17(19)13-8-6-5-7-9-13;;1-2/h5-12H,3-4H2,1-2H3,(H,18,19);1H;. The van der Waals surface area contributed by atoms with Crippen LogP contribution < -0.4 is 14.8 Å². The molecule has 0 aromatic heterocycles. The topological polar surface area (TPSA) is 95.1 Å². The van der Waals surface area contributed by atoms with Gasteiger partial charge in [0.2, 0.25) is 0 Å². The highest BCUT2D eigenvalue weighted by molar-refractivity contribution is 6.05. The van der Waals surface area contributed by atoms with Crippen molar-refractivity contribution in [3.8, 4) is 11.5 Å². The van der Waals surface area contributed by atoms with Gasteiger partial charge in [-0.25, -0.2) is 0 Å². The van der Waals surface area contributed by atoms with Gasteiger partial charge in [-0.05, 0) is 38.1 Å². The molecule has 24 heavy (non-hydrogen) atoms. The van der Waals surface area contributed by atoms with E-state index in [1.54, 1.807) is 24.3 Å². The van der Waals surface area contributed by atoms with Gasteiger partial charge in [-0.3, -0.25) is 4.79 Å². The normalized spacial score (nSPS) is 8.83. The molecule has 0 aliphatic heterocycles. The number of rotatable bonds is 6. The fraction of sp³-hybridized carbons (Fsp3) is 0.235. The van der Waals surface area contributed by atoms with Gasteiger partial charge in [-0.2, -0.15) is 0 Å². The summed E-state index contributed by atoms with van der Waals surface area (Å²) in [6.45, 7) is 4.92. The number of carbonyl (C=O) groups excluding carboxylic acids is 1. The monoisotopic (exact) mass is 349 g/mol. The second-order valence-corrected chi connectivity index (χ2v) is 4.34. The molecule has 128 valence electrons. The van der Waals surface area contributed by atoms with Crippen LogP contribution >= 0.6 is 12.4 Å². The van der Waals surface area contributed by atoms with E-state index in [0.29, 0.717) is 36.0 Å². The van der Waals surface area contributed by atoms with Gasteiger partial charge >= 0.3 is 0 Å². The Labute approximate surface area is 147 Å². The second kappa shape index (κ2) is 11.7. The van der Waals surface area contributed by atoms with Gasteiger partial charge in [0, 0.05) is 22.4 Å². The average Bonchev–Trinajstić information content (AvgIpc) is 2.60. The van der Waals surface area contributed by atoms with Gasteiger partial charge in [0.25, 0.3) is 5.91 Å². The van der Waals surface area contributed by atoms with E-state index >= 15 is 0 Å². The minimum absolute atomic E-state index is 0. The minimum Gasteiger partial charge on any atom is -0.494 e. The number of hydrogen-bond acceptors (Lipinski definition) is 5. The Hall–Kier alpha value is -2.78. The van der Waals surface area contributed by atoms with Gasteiger partial charge in [0.05, 0.1) is 18.9 Å². The van der Waals surface area contributed by atoms with Crippen LogP contribution in [0.2, 0.25) is 0 Å². The fourth-order valence-electron chi connectivity index (χ4n) is 1.93.